The summed E-state index contributed by atoms with van der Waals surface area (Å²) in [6.07, 6.45) is 4.31. The average Bonchev–Trinajstić information content (AvgIpc) is 3.24. The van der Waals surface area contributed by atoms with Crippen LogP contribution in [0.2, 0.25) is 0 Å². The SMILES string of the molecule is C[C@@H](O)c1nc2cnc3ccsc3c2n1C1CCC(NC(=O)OC(C)(C)C)CC1. The monoisotopic (exact) mass is 416 g/mol. The largest absolute Gasteiger partial charge is 0.444 e. The molecule has 1 saturated carbocycles. The number of rotatable bonds is 3. The molecule has 1 amide bonds. The highest BCUT2D eigenvalue weighted by Crippen LogP contribution is 2.37. The molecule has 7 nitrogen and oxygen atoms in total. The van der Waals surface area contributed by atoms with Gasteiger partial charge >= 0.3 is 6.09 Å². The van der Waals surface area contributed by atoms with Gasteiger partial charge in [0.2, 0.25) is 0 Å². The van der Waals surface area contributed by atoms with Gasteiger partial charge in [0.05, 0.1) is 21.9 Å². The maximum atomic E-state index is 12.1. The Morgan fingerprint density at radius 3 is 2.69 bits per heavy atom. The number of imidazole rings is 1. The number of aliphatic hydroxyl groups is 1. The summed E-state index contributed by atoms with van der Waals surface area (Å²) < 4.78 is 8.70. The minimum absolute atomic E-state index is 0.106. The predicted molar refractivity (Wildman–Crippen MR) is 114 cm³/mol. The summed E-state index contributed by atoms with van der Waals surface area (Å²) in [4.78, 5) is 21.3. The lowest BCUT2D eigenvalue weighted by Gasteiger charge is -2.32. The van der Waals surface area contributed by atoms with E-state index < -0.39 is 11.7 Å². The lowest BCUT2D eigenvalue weighted by molar-refractivity contribution is 0.0488. The van der Waals surface area contributed by atoms with E-state index in [2.05, 4.69) is 14.9 Å². The number of alkyl carbamates (subject to hydrolysis) is 1. The predicted octanol–water partition coefficient (Wildman–Crippen LogP) is 4.71. The van der Waals surface area contributed by atoms with Gasteiger partial charge in [-0.3, -0.25) is 4.98 Å². The second-order valence-electron chi connectivity index (χ2n) is 8.79. The van der Waals surface area contributed by atoms with Crippen molar-refractivity contribution in [3.8, 4) is 0 Å². The lowest BCUT2D eigenvalue weighted by Crippen LogP contribution is -2.41. The fraction of sp³-hybridized carbons (Fsp3) is 0.571. The van der Waals surface area contributed by atoms with Crippen LogP contribution in [-0.2, 0) is 4.74 Å². The van der Waals surface area contributed by atoms with Crippen LogP contribution in [0.15, 0.2) is 17.6 Å². The van der Waals surface area contributed by atoms with E-state index >= 15 is 0 Å². The molecule has 0 aliphatic heterocycles. The van der Waals surface area contributed by atoms with Crippen LogP contribution in [0.1, 0.15) is 71.3 Å². The molecule has 29 heavy (non-hydrogen) atoms. The molecule has 156 valence electrons. The van der Waals surface area contributed by atoms with Gasteiger partial charge in [-0.05, 0) is 64.8 Å². The number of pyridine rings is 1. The number of fused-ring (bicyclic) bond motifs is 3. The third-order valence-electron chi connectivity index (χ3n) is 5.31. The number of aromatic nitrogens is 3. The van der Waals surface area contributed by atoms with Crippen LogP contribution >= 0.6 is 11.3 Å². The summed E-state index contributed by atoms with van der Waals surface area (Å²) in [5.74, 6) is 0.686. The van der Waals surface area contributed by atoms with E-state index in [-0.39, 0.29) is 18.2 Å². The van der Waals surface area contributed by atoms with Crippen molar-refractivity contribution < 1.29 is 14.6 Å². The van der Waals surface area contributed by atoms with E-state index in [1.165, 1.54) is 0 Å². The maximum Gasteiger partial charge on any atom is 0.407 e. The van der Waals surface area contributed by atoms with E-state index in [9.17, 15) is 9.90 Å². The summed E-state index contributed by atoms with van der Waals surface area (Å²) in [7, 11) is 0. The van der Waals surface area contributed by atoms with Gasteiger partial charge in [-0.25, -0.2) is 9.78 Å². The van der Waals surface area contributed by atoms with Gasteiger partial charge in [-0.2, -0.15) is 0 Å². The second kappa shape index (κ2) is 7.57. The van der Waals surface area contributed by atoms with Crippen molar-refractivity contribution in [1.29, 1.82) is 0 Å². The van der Waals surface area contributed by atoms with Gasteiger partial charge in [0.15, 0.2) is 0 Å². The molecule has 0 saturated heterocycles. The normalized spacial score (nSPS) is 21.4. The number of thiophene rings is 1. The zero-order valence-electron chi connectivity index (χ0n) is 17.3. The van der Waals surface area contributed by atoms with E-state index in [1.54, 1.807) is 24.5 Å². The third kappa shape index (κ3) is 4.09. The van der Waals surface area contributed by atoms with Crippen molar-refractivity contribution in [2.75, 3.05) is 0 Å². The Labute approximate surface area is 174 Å². The number of amides is 1. The molecular formula is C21H28N4O3S. The molecule has 3 aromatic rings. The van der Waals surface area contributed by atoms with E-state index in [4.69, 9.17) is 9.72 Å². The Balaban J connectivity index is 1.57. The molecule has 2 N–H and O–H groups in total. The summed E-state index contributed by atoms with van der Waals surface area (Å²) in [5.41, 5.74) is 2.35. The molecule has 0 aromatic carbocycles. The second-order valence-corrected chi connectivity index (χ2v) is 9.71. The molecule has 0 bridgehead atoms. The number of carbonyl (C=O) groups is 1. The number of carbonyl (C=O) groups excluding carboxylic acids is 1. The molecular weight excluding hydrogens is 388 g/mol. The Bertz CT molecular complexity index is 1030. The van der Waals surface area contributed by atoms with Crippen molar-refractivity contribution in [2.24, 2.45) is 0 Å². The van der Waals surface area contributed by atoms with Crippen molar-refractivity contribution in [2.45, 2.75) is 77.2 Å². The number of hydrogen-bond acceptors (Lipinski definition) is 6. The van der Waals surface area contributed by atoms with Crippen LogP contribution < -0.4 is 5.32 Å². The fourth-order valence-electron chi connectivity index (χ4n) is 4.11. The fourth-order valence-corrected chi connectivity index (χ4v) is 5.00. The maximum absolute atomic E-state index is 12.1. The van der Waals surface area contributed by atoms with Crippen molar-refractivity contribution >= 4 is 38.7 Å². The molecule has 4 rings (SSSR count). The number of nitrogens with one attached hydrogen (secondary N) is 1. The Hall–Kier alpha value is -2.19. The smallest absolute Gasteiger partial charge is 0.407 e. The first-order chi connectivity index (χ1) is 13.7. The van der Waals surface area contributed by atoms with Crippen LogP contribution in [0, 0.1) is 0 Å². The molecule has 0 unspecified atom stereocenters. The number of hydrogen-bond donors (Lipinski definition) is 2. The minimum Gasteiger partial charge on any atom is -0.444 e. The Kier molecular flexibility index (Phi) is 5.25. The van der Waals surface area contributed by atoms with Crippen LogP contribution in [0.4, 0.5) is 4.79 Å². The van der Waals surface area contributed by atoms with Crippen molar-refractivity contribution in [1.82, 2.24) is 19.9 Å². The molecule has 0 radical (unpaired) electrons. The third-order valence-corrected chi connectivity index (χ3v) is 6.22. The summed E-state index contributed by atoms with van der Waals surface area (Å²) in [6, 6.07) is 2.35. The summed E-state index contributed by atoms with van der Waals surface area (Å²) >= 11 is 1.66. The van der Waals surface area contributed by atoms with Crippen molar-refractivity contribution in [3.05, 3.63) is 23.5 Å². The van der Waals surface area contributed by atoms with Crippen LogP contribution in [-0.4, -0.2) is 37.4 Å². The average molecular weight is 417 g/mol. The number of aliphatic hydroxyl groups excluding tert-OH is 1. The number of ether oxygens (including phenoxy) is 1. The highest BCUT2D eigenvalue weighted by atomic mass is 32.1. The molecule has 1 atom stereocenters. The lowest BCUT2D eigenvalue weighted by atomic mass is 9.90. The molecule has 3 heterocycles. The van der Waals surface area contributed by atoms with E-state index in [0.29, 0.717) is 5.82 Å². The van der Waals surface area contributed by atoms with Gasteiger partial charge in [-0.1, -0.05) is 0 Å². The zero-order valence-corrected chi connectivity index (χ0v) is 18.1. The summed E-state index contributed by atoms with van der Waals surface area (Å²) in [6.45, 7) is 7.36. The van der Waals surface area contributed by atoms with Gasteiger partial charge in [0.25, 0.3) is 0 Å². The number of nitrogens with zero attached hydrogens (tertiary/aromatic N) is 3. The topological polar surface area (TPSA) is 89.3 Å². The molecule has 3 aromatic heterocycles. The van der Waals surface area contributed by atoms with E-state index in [1.807, 2.05) is 32.2 Å². The Morgan fingerprint density at radius 2 is 2.03 bits per heavy atom. The molecule has 1 aliphatic rings. The van der Waals surface area contributed by atoms with Crippen LogP contribution in [0.25, 0.3) is 21.3 Å². The van der Waals surface area contributed by atoms with Crippen LogP contribution in [0.5, 0.6) is 0 Å². The first kappa shape index (κ1) is 20.1. The summed E-state index contributed by atoms with van der Waals surface area (Å²) in [5, 5.41) is 15.4. The Morgan fingerprint density at radius 1 is 1.31 bits per heavy atom. The van der Waals surface area contributed by atoms with Gasteiger partial charge in [-0.15, -0.1) is 11.3 Å². The van der Waals surface area contributed by atoms with Crippen molar-refractivity contribution in [3.63, 3.8) is 0 Å². The van der Waals surface area contributed by atoms with Gasteiger partial charge in [0.1, 0.15) is 23.0 Å². The molecule has 1 fully saturated rings. The standard InChI is InChI=1S/C21H28N4O3S/c1-12(26)19-24-16-11-22-15-9-10-29-18(15)17(16)25(19)14-7-5-13(6-8-14)23-20(27)28-21(2,3)4/h9-14,26H,5-8H2,1-4H3,(H,23,27)/t12-,13?,14?/m1/s1. The quantitative estimate of drug-likeness (QED) is 0.645. The highest BCUT2D eigenvalue weighted by molar-refractivity contribution is 7.18. The van der Waals surface area contributed by atoms with E-state index in [0.717, 1.165) is 46.9 Å². The van der Waals surface area contributed by atoms with Gasteiger partial charge < -0.3 is 19.7 Å². The zero-order chi connectivity index (χ0) is 20.8. The molecule has 8 heteroatoms. The molecule has 0 spiro atoms. The minimum atomic E-state index is -0.657. The first-order valence-corrected chi connectivity index (χ1v) is 11.0. The first-order valence-electron chi connectivity index (χ1n) is 10.1. The molecule has 1 aliphatic carbocycles. The van der Waals surface area contributed by atoms with Gasteiger partial charge in [0, 0.05) is 12.1 Å². The highest BCUT2D eigenvalue weighted by Gasteiger charge is 2.29. The van der Waals surface area contributed by atoms with Crippen LogP contribution in [0.3, 0.4) is 0 Å².